The summed E-state index contributed by atoms with van der Waals surface area (Å²) in [6, 6.07) is 0.0615. The van der Waals surface area contributed by atoms with Crippen LogP contribution < -0.4 is 5.32 Å². The number of hydrogen-bond acceptors (Lipinski definition) is 2. The molecule has 1 heterocycles. The van der Waals surface area contributed by atoms with Gasteiger partial charge in [0.2, 0.25) is 0 Å². The van der Waals surface area contributed by atoms with Crippen LogP contribution in [0.5, 0.6) is 0 Å². The van der Waals surface area contributed by atoms with Gasteiger partial charge >= 0.3 is 6.03 Å². The number of carbonyl (C=O) groups is 1. The summed E-state index contributed by atoms with van der Waals surface area (Å²) < 4.78 is 4.91. The maximum Gasteiger partial charge on any atom is 0.317 e. The van der Waals surface area contributed by atoms with Crippen LogP contribution >= 0.6 is 0 Å². The molecule has 0 spiro atoms. The van der Waals surface area contributed by atoms with Crippen LogP contribution in [0.15, 0.2) is 12.2 Å². The van der Waals surface area contributed by atoms with E-state index in [0.717, 1.165) is 25.9 Å². The van der Waals surface area contributed by atoms with Crippen LogP contribution in [0.4, 0.5) is 4.79 Å². The van der Waals surface area contributed by atoms with Crippen molar-refractivity contribution in [1.29, 1.82) is 0 Å². The second kappa shape index (κ2) is 5.34. The lowest BCUT2D eigenvalue weighted by molar-refractivity contribution is 0.184. The molecule has 4 nitrogen and oxygen atoms in total. The predicted octanol–water partition coefficient (Wildman–Crippen LogP) is 1.24. The lowest BCUT2D eigenvalue weighted by Crippen LogP contribution is -2.40. The van der Waals surface area contributed by atoms with Crippen molar-refractivity contribution in [3.8, 4) is 0 Å². The Morgan fingerprint density at radius 2 is 2.00 bits per heavy atom. The van der Waals surface area contributed by atoms with E-state index in [0.29, 0.717) is 25.0 Å². The SMILES string of the molecule is COCCNC(=O)N1CC2CC=CCC2C1. The molecule has 1 aliphatic carbocycles. The van der Waals surface area contributed by atoms with Gasteiger partial charge < -0.3 is 15.0 Å². The molecular weight excluding hydrogens is 204 g/mol. The largest absolute Gasteiger partial charge is 0.383 e. The monoisotopic (exact) mass is 224 g/mol. The fraction of sp³-hybridized carbons (Fsp3) is 0.750. The molecule has 90 valence electrons. The van der Waals surface area contributed by atoms with E-state index < -0.39 is 0 Å². The number of likely N-dealkylation sites (tertiary alicyclic amines) is 1. The molecule has 4 heteroatoms. The van der Waals surface area contributed by atoms with E-state index in [2.05, 4.69) is 17.5 Å². The zero-order valence-electron chi connectivity index (χ0n) is 9.82. The van der Waals surface area contributed by atoms with Crippen molar-refractivity contribution in [2.24, 2.45) is 11.8 Å². The Kier molecular flexibility index (Phi) is 3.83. The summed E-state index contributed by atoms with van der Waals surface area (Å²) in [4.78, 5) is 13.7. The van der Waals surface area contributed by atoms with E-state index in [1.54, 1.807) is 7.11 Å². The summed E-state index contributed by atoms with van der Waals surface area (Å²) in [7, 11) is 1.64. The number of carbonyl (C=O) groups excluding carboxylic acids is 1. The van der Waals surface area contributed by atoms with E-state index in [1.807, 2.05) is 4.90 Å². The maximum atomic E-state index is 11.8. The van der Waals surface area contributed by atoms with Gasteiger partial charge in [0, 0.05) is 26.7 Å². The third-order valence-electron chi connectivity index (χ3n) is 3.49. The van der Waals surface area contributed by atoms with Crippen molar-refractivity contribution >= 4 is 6.03 Å². The number of fused-ring (bicyclic) bond motifs is 1. The second-order valence-electron chi connectivity index (χ2n) is 4.59. The van der Waals surface area contributed by atoms with E-state index >= 15 is 0 Å². The van der Waals surface area contributed by atoms with Crippen LogP contribution in [0.3, 0.4) is 0 Å². The first kappa shape index (κ1) is 11.5. The molecule has 0 radical (unpaired) electrons. The summed E-state index contributed by atoms with van der Waals surface area (Å²) in [6.07, 6.45) is 6.75. The average Bonchev–Trinajstić information content (AvgIpc) is 2.73. The molecule has 16 heavy (non-hydrogen) atoms. The molecule has 0 aromatic heterocycles. The molecule has 2 amide bonds. The number of methoxy groups -OCH3 is 1. The minimum atomic E-state index is 0.0615. The summed E-state index contributed by atoms with van der Waals surface area (Å²) in [5, 5.41) is 2.88. The molecule has 1 fully saturated rings. The predicted molar refractivity (Wildman–Crippen MR) is 62.2 cm³/mol. The number of amides is 2. The first-order valence-electron chi connectivity index (χ1n) is 5.98. The Morgan fingerprint density at radius 3 is 2.56 bits per heavy atom. The van der Waals surface area contributed by atoms with E-state index in [1.165, 1.54) is 0 Å². The molecule has 1 aliphatic heterocycles. The summed E-state index contributed by atoms with van der Waals surface area (Å²) in [5.41, 5.74) is 0. The summed E-state index contributed by atoms with van der Waals surface area (Å²) in [5.74, 6) is 1.36. The molecule has 1 N–H and O–H groups in total. The fourth-order valence-electron chi connectivity index (χ4n) is 2.55. The van der Waals surface area contributed by atoms with Gasteiger partial charge in [0.1, 0.15) is 0 Å². The van der Waals surface area contributed by atoms with Gasteiger partial charge in [0.05, 0.1) is 6.61 Å². The molecular formula is C12H20N2O2. The Hall–Kier alpha value is -1.03. The standard InChI is InChI=1S/C12H20N2O2/c1-16-7-6-13-12(15)14-8-10-4-2-3-5-11(10)9-14/h2-3,10-11H,4-9H2,1H3,(H,13,15). The van der Waals surface area contributed by atoms with Gasteiger partial charge in [-0.2, -0.15) is 0 Å². The van der Waals surface area contributed by atoms with E-state index in [9.17, 15) is 4.79 Å². The van der Waals surface area contributed by atoms with Gasteiger partial charge in [-0.15, -0.1) is 0 Å². The smallest absolute Gasteiger partial charge is 0.317 e. The van der Waals surface area contributed by atoms with Gasteiger partial charge in [0.25, 0.3) is 0 Å². The van der Waals surface area contributed by atoms with Crippen LogP contribution in [0.1, 0.15) is 12.8 Å². The van der Waals surface area contributed by atoms with Crippen molar-refractivity contribution < 1.29 is 9.53 Å². The summed E-state index contributed by atoms with van der Waals surface area (Å²) >= 11 is 0. The molecule has 0 saturated carbocycles. The highest BCUT2D eigenvalue weighted by Crippen LogP contribution is 2.32. The molecule has 2 rings (SSSR count). The molecule has 0 aromatic carbocycles. The topological polar surface area (TPSA) is 41.6 Å². The van der Waals surface area contributed by atoms with Crippen molar-refractivity contribution in [1.82, 2.24) is 10.2 Å². The fourth-order valence-corrected chi connectivity index (χ4v) is 2.55. The number of allylic oxidation sites excluding steroid dienone is 2. The van der Waals surface area contributed by atoms with Gasteiger partial charge in [-0.1, -0.05) is 12.2 Å². The Morgan fingerprint density at radius 1 is 1.38 bits per heavy atom. The van der Waals surface area contributed by atoms with E-state index in [-0.39, 0.29) is 6.03 Å². The average molecular weight is 224 g/mol. The lowest BCUT2D eigenvalue weighted by atomic mass is 9.86. The highest BCUT2D eigenvalue weighted by molar-refractivity contribution is 5.74. The summed E-state index contributed by atoms with van der Waals surface area (Å²) in [6.45, 7) is 3.00. The van der Waals surface area contributed by atoms with Crippen molar-refractivity contribution in [3.63, 3.8) is 0 Å². The quantitative estimate of drug-likeness (QED) is 0.579. The Labute approximate surface area is 96.6 Å². The van der Waals surface area contributed by atoms with Crippen molar-refractivity contribution in [2.75, 3.05) is 33.4 Å². The Bertz CT molecular complexity index is 262. The number of nitrogens with one attached hydrogen (secondary N) is 1. The number of urea groups is 1. The zero-order chi connectivity index (χ0) is 11.4. The second-order valence-corrected chi connectivity index (χ2v) is 4.59. The zero-order valence-corrected chi connectivity index (χ0v) is 9.82. The van der Waals surface area contributed by atoms with Crippen LogP contribution in [0, 0.1) is 11.8 Å². The molecule has 0 bridgehead atoms. The van der Waals surface area contributed by atoms with Crippen LogP contribution in [0.25, 0.3) is 0 Å². The number of rotatable bonds is 3. The first-order valence-corrected chi connectivity index (χ1v) is 5.98. The van der Waals surface area contributed by atoms with Crippen LogP contribution in [-0.2, 0) is 4.74 Å². The maximum absolute atomic E-state index is 11.8. The van der Waals surface area contributed by atoms with Crippen molar-refractivity contribution in [2.45, 2.75) is 12.8 Å². The normalized spacial score (nSPS) is 27.9. The third kappa shape index (κ3) is 2.55. The van der Waals surface area contributed by atoms with Gasteiger partial charge in [-0.25, -0.2) is 4.79 Å². The van der Waals surface area contributed by atoms with Crippen LogP contribution in [-0.4, -0.2) is 44.3 Å². The van der Waals surface area contributed by atoms with E-state index in [4.69, 9.17) is 4.74 Å². The lowest BCUT2D eigenvalue weighted by Gasteiger charge is -2.17. The molecule has 2 atom stereocenters. The minimum absolute atomic E-state index is 0.0615. The van der Waals surface area contributed by atoms with Gasteiger partial charge in [0.15, 0.2) is 0 Å². The molecule has 2 aliphatic rings. The molecule has 0 aromatic rings. The van der Waals surface area contributed by atoms with Crippen LogP contribution in [0.2, 0.25) is 0 Å². The number of hydrogen-bond donors (Lipinski definition) is 1. The number of ether oxygens (including phenoxy) is 1. The van der Waals surface area contributed by atoms with Crippen molar-refractivity contribution in [3.05, 3.63) is 12.2 Å². The third-order valence-corrected chi connectivity index (χ3v) is 3.49. The molecule has 1 saturated heterocycles. The minimum Gasteiger partial charge on any atom is -0.383 e. The highest BCUT2D eigenvalue weighted by Gasteiger charge is 2.34. The van der Waals surface area contributed by atoms with Gasteiger partial charge in [-0.05, 0) is 24.7 Å². The number of nitrogens with zero attached hydrogens (tertiary/aromatic N) is 1. The van der Waals surface area contributed by atoms with Gasteiger partial charge in [-0.3, -0.25) is 0 Å². The molecule has 2 unspecified atom stereocenters. The Balaban J connectivity index is 1.77. The first-order chi connectivity index (χ1) is 7.81. The highest BCUT2D eigenvalue weighted by atomic mass is 16.5.